The Bertz CT molecular complexity index is 782. The van der Waals surface area contributed by atoms with E-state index >= 15 is 0 Å². The number of thioether (sulfide) groups is 1. The number of nitrogens with one attached hydrogen (secondary N) is 1. The van der Waals surface area contributed by atoms with Crippen LogP contribution in [0.2, 0.25) is 0 Å². The number of ether oxygens (including phenoxy) is 1. The lowest BCUT2D eigenvalue weighted by atomic mass is 9.44. The molecule has 0 spiro atoms. The topological polar surface area (TPSA) is 75.6 Å². The SMILES string of the molecule is C=C[C@]1(C)C[C@@H](OC(=O)CS[C@H]2CCCNC2)[C@]2(C)C(C)CCC3(CCC(=O)C32)[C@@H](C)C1O. The van der Waals surface area contributed by atoms with Gasteiger partial charge in [0.15, 0.2) is 0 Å². The van der Waals surface area contributed by atoms with E-state index in [0.717, 1.165) is 45.2 Å². The molecule has 9 atom stereocenters. The van der Waals surface area contributed by atoms with Gasteiger partial charge in [-0.05, 0) is 62.3 Å². The van der Waals surface area contributed by atoms with Crippen LogP contribution >= 0.6 is 11.8 Å². The van der Waals surface area contributed by atoms with Crippen LogP contribution in [0.4, 0.5) is 0 Å². The second kappa shape index (κ2) is 9.31. The third-order valence-electron chi connectivity index (χ3n) is 10.3. The molecular weight excluding hydrogens is 434 g/mol. The molecule has 5 nitrogen and oxygen atoms in total. The van der Waals surface area contributed by atoms with Crippen LogP contribution in [-0.2, 0) is 14.3 Å². The van der Waals surface area contributed by atoms with Crippen molar-refractivity contribution in [2.75, 3.05) is 18.8 Å². The minimum Gasteiger partial charge on any atom is -0.461 e. The van der Waals surface area contributed by atoms with Crippen molar-refractivity contribution in [3.8, 4) is 0 Å². The summed E-state index contributed by atoms with van der Waals surface area (Å²) in [5.74, 6) is 0.535. The molecule has 3 aliphatic carbocycles. The molecule has 33 heavy (non-hydrogen) atoms. The molecule has 1 heterocycles. The van der Waals surface area contributed by atoms with Gasteiger partial charge >= 0.3 is 5.97 Å². The Balaban J connectivity index is 1.66. The number of hydrogen-bond donors (Lipinski definition) is 2. The fraction of sp³-hybridized carbons (Fsp3) is 0.852. The Kier molecular flexibility index (Phi) is 7.12. The zero-order chi connectivity index (χ0) is 24.0. The van der Waals surface area contributed by atoms with Crippen LogP contribution < -0.4 is 5.32 Å². The molecule has 186 valence electrons. The summed E-state index contributed by atoms with van der Waals surface area (Å²) in [5.41, 5.74) is -1.24. The molecule has 0 aromatic rings. The van der Waals surface area contributed by atoms with E-state index in [1.165, 1.54) is 0 Å². The number of piperidine rings is 1. The van der Waals surface area contributed by atoms with Gasteiger partial charge in [-0.2, -0.15) is 0 Å². The highest BCUT2D eigenvalue weighted by molar-refractivity contribution is 8.00. The number of aliphatic hydroxyl groups is 1. The number of aliphatic hydroxyl groups excluding tert-OH is 1. The van der Waals surface area contributed by atoms with E-state index in [9.17, 15) is 14.7 Å². The van der Waals surface area contributed by atoms with E-state index in [4.69, 9.17) is 4.74 Å². The molecule has 1 aliphatic heterocycles. The molecule has 3 saturated carbocycles. The number of hydrogen-bond acceptors (Lipinski definition) is 6. The molecule has 6 heteroatoms. The van der Waals surface area contributed by atoms with Crippen molar-refractivity contribution in [3.05, 3.63) is 12.7 Å². The predicted molar refractivity (Wildman–Crippen MR) is 133 cm³/mol. The Morgan fingerprint density at radius 3 is 2.73 bits per heavy atom. The van der Waals surface area contributed by atoms with Crippen LogP contribution in [-0.4, -0.2) is 53.2 Å². The van der Waals surface area contributed by atoms with Crippen LogP contribution in [0.5, 0.6) is 0 Å². The third kappa shape index (κ3) is 4.12. The largest absolute Gasteiger partial charge is 0.461 e. The Morgan fingerprint density at radius 2 is 2.06 bits per heavy atom. The van der Waals surface area contributed by atoms with Gasteiger partial charge in [0.05, 0.1) is 11.9 Å². The first-order valence-electron chi connectivity index (χ1n) is 12.9. The molecule has 0 radical (unpaired) electrons. The fourth-order valence-corrected chi connectivity index (χ4v) is 8.85. The molecule has 4 rings (SSSR count). The molecule has 2 bridgehead atoms. The van der Waals surface area contributed by atoms with Crippen molar-refractivity contribution in [2.24, 2.45) is 34.0 Å². The lowest BCUT2D eigenvalue weighted by molar-refractivity contribution is -0.205. The first-order valence-corrected chi connectivity index (χ1v) is 14.0. The number of carbonyl (C=O) groups is 2. The lowest BCUT2D eigenvalue weighted by Crippen LogP contribution is -2.63. The number of esters is 1. The van der Waals surface area contributed by atoms with Crippen LogP contribution in [0.25, 0.3) is 0 Å². The minimum atomic E-state index is -0.620. The first-order chi connectivity index (χ1) is 15.6. The smallest absolute Gasteiger partial charge is 0.316 e. The number of rotatable bonds is 5. The van der Waals surface area contributed by atoms with Crippen molar-refractivity contribution >= 4 is 23.5 Å². The fourth-order valence-electron chi connectivity index (χ4n) is 7.84. The highest BCUT2D eigenvalue weighted by Crippen LogP contribution is 2.68. The maximum absolute atomic E-state index is 13.4. The highest BCUT2D eigenvalue weighted by atomic mass is 32.2. The third-order valence-corrected chi connectivity index (χ3v) is 11.5. The monoisotopic (exact) mass is 477 g/mol. The van der Waals surface area contributed by atoms with Crippen LogP contribution in [0.3, 0.4) is 0 Å². The van der Waals surface area contributed by atoms with E-state index in [-0.39, 0.29) is 29.1 Å². The molecule has 4 unspecified atom stereocenters. The van der Waals surface area contributed by atoms with Crippen molar-refractivity contribution < 1.29 is 19.4 Å². The molecule has 4 fully saturated rings. The summed E-state index contributed by atoms with van der Waals surface area (Å²) < 4.78 is 6.32. The number of carbonyl (C=O) groups excluding carboxylic acids is 2. The summed E-state index contributed by atoms with van der Waals surface area (Å²) >= 11 is 1.68. The van der Waals surface area contributed by atoms with Gasteiger partial charge in [-0.3, -0.25) is 9.59 Å². The normalized spacial score (nSPS) is 47.8. The Morgan fingerprint density at radius 1 is 1.30 bits per heavy atom. The number of ketones is 1. The zero-order valence-corrected chi connectivity index (χ0v) is 21.7. The summed E-state index contributed by atoms with van der Waals surface area (Å²) in [6.07, 6.45) is 6.95. The zero-order valence-electron chi connectivity index (χ0n) is 20.9. The average molecular weight is 478 g/mol. The highest BCUT2D eigenvalue weighted by Gasteiger charge is 2.68. The van der Waals surface area contributed by atoms with Gasteiger partial charge < -0.3 is 15.2 Å². The summed E-state index contributed by atoms with van der Waals surface area (Å²) in [7, 11) is 0. The molecule has 2 N–H and O–H groups in total. The number of Topliss-reactive ketones (excluding diaryl/α,β-unsaturated/α-hetero) is 1. The molecule has 1 saturated heterocycles. The molecular formula is C27H43NO4S. The van der Waals surface area contributed by atoms with Gasteiger partial charge in [0, 0.05) is 35.0 Å². The van der Waals surface area contributed by atoms with Crippen molar-refractivity contribution in [3.63, 3.8) is 0 Å². The molecule has 0 aromatic heterocycles. The second-order valence-electron chi connectivity index (χ2n) is 11.8. The summed E-state index contributed by atoms with van der Waals surface area (Å²) in [4.78, 5) is 26.6. The van der Waals surface area contributed by atoms with Gasteiger partial charge in [-0.1, -0.05) is 33.8 Å². The van der Waals surface area contributed by atoms with E-state index in [2.05, 4.69) is 32.7 Å². The maximum atomic E-state index is 13.4. The van der Waals surface area contributed by atoms with Crippen molar-refractivity contribution in [1.29, 1.82) is 0 Å². The maximum Gasteiger partial charge on any atom is 0.316 e. The second-order valence-corrected chi connectivity index (χ2v) is 13.1. The first kappa shape index (κ1) is 25.2. The Labute approximate surface area is 203 Å². The van der Waals surface area contributed by atoms with Gasteiger partial charge in [0.1, 0.15) is 11.9 Å². The van der Waals surface area contributed by atoms with E-state index < -0.39 is 23.0 Å². The van der Waals surface area contributed by atoms with Crippen molar-refractivity contribution in [1.82, 2.24) is 5.32 Å². The average Bonchev–Trinajstić information content (AvgIpc) is 3.17. The van der Waals surface area contributed by atoms with Crippen LogP contribution in [0.15, 0.2) is 12.7 Å². The quantitative estimate of drug-likeness (QED) is 0.452. The van der Waals surface area contributed by atoms with Crippen LogP contribution in [0.1, 0.15) is 72.6 Å². The predicted octanol–water partition coefficient (Wildman–Crippen LogP) is 4.38. The van der Waals surface area contributed by atoms with E-state index in [1.807, 2.05) is 13.0 Å². The van der Waals surface area contributed by atoms with Crippen LogP contribution in [0, 0.1) is 34.0 Å². The van der Waals surface area contributed by atoms with Crippen molar-refractivity contribution in [2.45, 2.75) is 90.1 Å². The van der Waals surface area contributed by atoms with Gasteiger partial charge in [0.25, 0.3) is 0 Å². The molecule has 0 amide bonds. The molecule has 0 aromatic carbocycles. The Hall–Kier alpha value is -0.850. The summed E-state index contributed by atoms with van der Waals surface area (Å²) in [6.45, 7) is 14.7. The summed E-state index contributed by atoms with van der Waals surface area (Å²) in [5, 5.41) is 15.4. The van der Waals surface area contributed by atoms with Gasteiger partial charge in [-0.25, -0.2) is 0 Å². The lowest BCUT2D eigenvalue weighted by Gasteiger charge is -2.61. The molecule has 4 aliphatic rings. The van der Waals surface area contributed by atoms with E-state index in [1.54, 1.807) is 11.8 Å². The standard InChI is InChI=1S/C27H43NO4S/c1-6-25(4)14-21(32-22(30)16-33-19-8-7-13-28-15-19)26(5)17(2)9-11-27(18(3)24(25)31)12-10-20(29)23(26)27/h6,17-19,21,23-24,28,31H,1,7-16H2,2-5H3/t17?,18-,19-,21+,23?,24?,25+,26-,27?/m0/s1. The summed E-state index contributed by atoms with van der Waals surface area (Å²) in [6, 6.07) is 0. The van der Waals surface area contributed by atoms with Gasteiger partial charge in [0.2, 0.25) is 0 Å². The van der Waals surface area contributed by atoms with Gasteiger partial charge in [-0.15, -0.1) is 18.3 Å². The van der Waals surface area contributed by atoms with E-state index in [0.29, 0.717) is 29.6 Å². The minimum absolute atomic E-state index is 0.00483.